The number of piperazine rings is 1. The fourth-order valence-corrected chi connectivity index (χ4v) is 2.99. The molecule has 118 valence electrons. The Kier molecular flexibility index (Phi) is 4.64. The number of nitrogens with zero attached hydrogens (tertiary/aromatic N) is 4. The van der Waals surface area contributed by atoms with Crippen LogP contribution < -0.4 is 4.90 Å². The maximum atomic E-state index is 6.09. The summed E-state index contributed by atoms with van der Waals surface area (Å²) in [5.74, 6) is 1.42. The maximum absolute atomic E-state index is 6.09. The van der Waals surface area contributed by atoms with Gasteiger partial charge in [-0.15, -0.1) is 10.2 Å². The molecule has 0 N–H and O–H groups in total. The van der Waals surface area contributed by atoms with Crippen molar-refractivity contribution in [3.05, 3.63) is 41.1 Å². The van der Waals surface area contributed by atoms with Crippen LogP contribution in [-0.4, -0.2) is 40.8 Å². The van der Waals surface area contributed by atoms with Crippen LogP contribution >= 0.6 is 11.6 Å². The summed E-state index contributed by atoms with van der Waals surface area (Å²) in [5, 5.41) is 8.93. The van der Waals surface area contributed by atoms with E-state index >= 15 is 0 Å². The van der Waals surface area contributed by atoms with Gasteiger partial charge in [-0.05, 0) is 25.1 Å². The predicted octanol–water partition coefficient (Wildman–Crippen LogP) is 3.00. The molecule has 1 fully saturated rings. The first-order valence-electron chi connectivity index (χ1n) is 7.71. The van der Waals surface area contributed by atoms with Gasteiger partial charge in [0.2, 0.25) is 11.8 Å². The Morgan fingerprint density at radius 3 is 2.77 bits per heavy atom. The van der Waals surface area contributed by atoms with Gasteiger partial charge in [0.25, 0.3) is 0 Å². The molecule has 2 aromatic rings. The Balaban J connectivity index is 1.62. The largest absolute Gasteiger partial charge is 0.424 e. The summed E-state index contributed by atoms with van der Waals surface area (Å²) < 4.78 is 5.62. The number of hydrogen-bond donors (Lipinski definition) is 0. The van der Waals surface area contributed by atoms with Crippen molar-refractivity contribution in [1.29, 1.82) is 0 Å². The third kappa shape index (κ3) is 3.42. The van der Waals surface area contributed by atoms with E-state index < -0.39 is 0 Å². The molecule has 5 nitrogen and oxygen atoms in total. The van der Waals surface area contributed by atoms with Gasteiger partial charge in [-0.1, -0.05) is 24.6 Å². The molecule has 0 radical (unpaired) electrons. The van der Waals surface area contributed by atoms with Crippen LogP contribution in [0.5, 0.6) is 0 Å². The van der Waals surface area contributed by atoms with E-state index in [-0.39, 0.29) is 0 Å². The molecule has 2 heterocycles. The number of anilines is 1. The van der Waals surface area contributed by atoms with Gasteiger partial charge in [0.1, 0.15) is 0 Å². The van der Waals surface area contributed by atoms with Crippen LogP contribution in [0.4, 0.5) is 5.69 Å². The summed E-state index contributed by atoms with van der Waals surface area (Å²) in [7, 11) is 0. The molecule has 1 aliphatic heterocycles. The summed E-state index contributed by atoms with van der Waals surface area (Å²) >= 11 is 6.09. The van der Waals surface area contributed by atoms with Crippen molar-refractivity contribution in [2.75, 3.05) is 24.5 Å². The molecule has 6 heteroatoms. The highest BCUT2D eigenvalue weighted by atomic mass is 35.5. The third-order valence-electron chi connectivity index (χ3n) is 4.09. The third-order valence-corrected chi connectivity index (χ3v) is 4.32. The molecule has 3 rings (SSSR count). The molecule has 1 atom stereocenters. The highest BCUT2D eigenvalue weighted by Gasteiger charge is 2.25. The molecule has 0 saturated carbocycles. The fraction of sp³-hybridized carbons (Fsp3) is 0.500. The number of hydrogen-bond acceptors (Lipinski definition) is 5. The highest BCUT2D eigenvalue weighted by molar-refractivity contribution is 6.30. The molecule has 0 amide bonds. The molecule has 0 aliphatic carbocycles. The minimum Gasteiger partial charge on any atom is -0.424 e. The summed E-state index contributed by atoms with van der Waals surface area (Å²) in [6, 6.07) is 8.46. The van der Waals surface area contributed by atoms with Gasteiger partial charge in [0, 0.05) is 42.8 Å². The molecule has 0 spiro atoms. The van der Waals surface area contributed by atoms with E-state index in [0.29, 0.717) is 17.8 Å². The standard InChI is InChI=1S/C16H21ClN4O/c1-3-15-18-19-16(22-15)11-20-7-8-21(10-12(20)2)14-6-4-5-13(17)9-14/h4-6,9,12H,3,7-8,10-11H2,1-2H3. The molecule has 1 aliphatic rings. The lowest BCUT2D eigenvalue weighted by molar-refractivity contribution is 0.164. The minimum absolute atomic E-state index is 0.421. The van der Waals surface area contributed by atoms with E-state index in [4.69, 9.17) is 16.0 Å². The highest BCUT2D eigenvalue weighted by Crippen LogP contribution is 2.23. The molecular weight excluding hydrogens is 300 g/mol. The fourth-order valence-electron chi connectivity index (χ4n) is 2.81. The van der Waals surface area contributed by atoms with Crippen LogP contribution in [0.1, 0.15) is 25.6 Å². The lowest BCUT2D eigenvalue weighted by Gasteiger charge is -2.40. The van der Waals surface area contributed by atoms with E-state index in [9.17, 15) is 0 Å². The average molecular weight is 321 g/mol. The van der Waals surface area contributed by atoms with Crippen molar-refractivity contribution < 1.29 is 4.42 Å². The zero-order chi connectivity index (χ0) is 15.5. The van der Waals surface area contributed by atoms with Gasteiger partial charge >= 0.3 is 0 Å². The topological polar surface area (TPSA) is 45.4 Å². The Bertz CT molecular complexity index is 630. The van der Waals surface area contributed by atoms with Crippen molar-refractivity contribution >= 4 is 17.3 Å². The molecule has 1 aromatic carbocycles. The van der Waals surface area contributed by atoms with Crippen LogP contribution in [-0.2, 0) is 13.0 Å². The summed E-state index contributed by atoms with van der Waals surface area (Å²) in [5.41, 5.74) is 1.19. The van der Waals surface area contributed by atoms with E-state index in [1.54, 1.807) is 0 Å². The summed E-state index contributed by atoms with van der Waals surface area (Å²) in [4.78, 5) is 4.76. The van der Waals surface area contributed by atoms with Crippen molar-refractivity contribution in [1.82, 2.24) is 15.1 Å². The quantitative estimate of drug-likeness (QED) is 0.866. The van der Waals surface area contributed by atoms with Crippen molar-refractivity contribution in [2.45, 2.75) is 32.9 Å². The van der Waals surface area contributed by atoms with Crippen LogP contribution in [0.15, 0.2) is 28.7 Å². The summed E-state index contributed by atoms with van der Waals surface area (Å²) in [6.45, 7) is 7.88. The Morgan fingerprint density at radius 1 is 1.27 bits per heavy atom. The van der Waals surface area contributed by atoms with Gasteiger partial charge in [0.05, 0.1) is 6.54 Å². The van der Waals surface area contributed by atoms with Crippen molar-refractivity contribution in [2.24, 2.45) is 0 Å². The van der Waals surface area contributed by atoms with Gasteiger partial charge in [-0.25, -0.2) is 0 Å². The zero-order valence-electron chi connectivity index (χ0n) is 13.0. The Hall–Kier alpha value is -1.59. The van der Waals surface area contributed by atoms with Crippen LogP contribution in [0.2, 0.25) is 5.02 Å². The van der Waals surface area contributed by atoms with Gasteiger partial charge < -0.3 is 9.32 Å². The maximum Gasteiger partial charge on any atom is 0.230 e. The second kappa shape index (κ2) is 6.67. The van der Waals surface area contributed by atoms with Gasteiger partial charge in [-0.2, -0.15) is 0 Å². The van der Waals surface area contributed by atoms with Crippen LogP contribution in [0.25, 0.3) is 0 Å². The number of aromatic nitrogens is 2. The van der Waals surface area contributed by atoms with E-state index in [1.807, 2.05) is 25.1 Å². The molecular formula is C16H21ClN4O. The first kappa shape index (κ1) is 15.3. The molecule has 1 saturated heterocycles. The van der Waals surface area contributed by atoms with Crippen molar-refractivity contribution in [3.8, 4) is 0 Å². The van der Waals surface area contributed by atoms with E-state index in [2.05, 4.69) is 33.0 Å². The zero-order valence-corrected chi connectivity index (χ0v) is 13.8. The molecule has 1 unspecified atom stereocenters. The number of benzene rings is 1. The van der Waals surface area contributed by atoms with Crippen molar-refractivity contribution in [3.63, 3.8) is 0 Å². The van der Waals surface area contributed by atoms with Crippen LogP contribution in [0.3, 0.4) is 0 Å². The second-order valence-corrected chi connectivity index (χ2v) is 6.12. The second-order valence-electron chi connectivity index (χ2n) is 5.69. The SMILES string of the molecule is CCc1nnc(CN2CCN(c3cccc(Cl)c3)CC2C)o1. The van der Waals surface area contributed by atoms with Gasteiger partial charge in [-0.3, -0.25) is 4.90 Å². The molecule has 0 bridgehead atoms. The van der Waals surface area contributed by atoms with Gasteiger partial charge in [0.15, 0.2) is 0 Å². The molecule has 1 aromatic heterocycles. The van der Waals surface area contributed by atoms with Crippen LogP contribution in [0, 0.1) is 0 Å². The number of halogens is 1. The predicted molar refractivity (Wildman–Crippen MR) is 87.2 cm³/mol. The lowest BCUT2D eigenvalue weighted by atomic mass is 10.1. The lowest BCUT2D eigenvalue weighted by Crippen LogP contribution is -2.51. The average Bonchev–Trinajstić information content (AvgIpc) is 2.97. The molecule has 22 heavy (non-hydrogen) atoms. The minimum atomic E-state index is 0.421. The van der Waals surface area contributed by atoms with E-state index in [0.717, 1.165) is 37.6 Å². The first-order valence-corrected chi connectivity index (χ1v) is 8.09. The van der Waals surface area contributed by atoms with E-state index in [1.165, 1.54) is 5.69 Å². The number of aryl methyl sites for hydroxylation is 1. The monoisotopic (exact) mass is 320 g/mol. The Morgan fingerprint density at radius 2 is 2.09 bits per heavy atom. The Labute approximate surface area is 135 Å². The number of rotatable bonds is 4. The first-order chi connectivity index (χ1) is 10.7. The smallest absolute Gasteiger partial charge is 0.230 e. The normalized spacial score (nSPS) is 19.6. The summed E-state index contributed by atoms with van der Waals surface area (Å²) in [6.07, 6.45) is 0.783.